The molecule has 0 atom stereocenters. The van der Waals surface area contributed by atoms with E-state index in [4.69, 9.17) is 4.98 Å². The molecule has 0 radical (unpaired) electrons. The van der Waals surface area contributed by atoms with Gasteiger partial charge in [0.1, 0.15) is 5.82 Å². The molecule has 0 aliphatic carbocycles. The van der Waals surface area contributed by atoms with Gasteiger partial charge in [-0.3, -0.25) is 28.2 Å². The zero-order valence-corrected chi connectivity index (χ0v) is 20.7. The quantitative estimate of drug-likeness (QED) is 0.425. The van der Waals surface area contributed by atoms with Crippen LogP contribution in [0.3, 0.4) is 0 Å². The molecule has 2 aromatic heterocycles. The van der Waals surface area contributed by atoms with Gasteiger partial charge in [-0.15, -0.1) is 0 Å². The smallest absolute Gasteiger partial charge is 0.332 e. The minimum Gasteiger partial charge on any atom is -0.340 e. The largest absolute Gasteiger partial charge is 0.340 e. The number of carbonyl (C=O) groups excluding carboxylic acids is 1. The molecular formula is C26H28FN7O3. The predicted octanol–water partition coefficient (Wildman–Crippen LogP) is 1.38. The lowest BCUT2D eigenvalue weighted by Crippen LogP contribution is -2.49. The number of anilines is 2. The summed E-state index contributed by atoms with van der Waals surface area (Å²) in [5.74, 6) is 0.137. The summed E-state index contributed by atoms with van der Waals surface area (Å²) in [5, 5.41) is 2.91. The van der Waals surface area contributed by atoms with Crippen LogP contribution in [0, 0.1) is 5.82 Å². The van der Waals surface area contributed by atoms with Crippen LogP contribution in [0.25, 0.3) is 11.2 Å². The molecule has 0 unspecified atom stereocenters. The topological polar surface area (TPSA) is 97.4 Å². The molecule has 1 aliphatic heterocycles. The number of nitrogens with zero attached hydrogens (tertiary/aromatic N) is 6. The lowest BCUT2D eigenvalue weighted by molar-refractivity contribution is -0.117. The highest BCUT2D eigenvalue weighted by atomic mass is 19.1. The monoisotopic (exact) mass is 505 g/mol. The van der Waals surface area contributed by atoms with Gasteiger partial charge in [-0.2, -0.15) is 4.98 Å². The van der Waals surface area contributed by atoms with E-state index in [-0.39, 0.29) is 18.3 Å². The van der Waals surface area contributed by atoms with Crippen molar-refractivity contribution in [3.63, 3.8) is 0 Å². The number of halogens is 1. The highest BCUT2D eigenvalue weighted by Gasteiger charge is 2.26. The molecule has 5 rings (SSSR count). The fraction of sp³-hybridized carbons (Fsp3) is 0.308. The maximum atomic E-state index is 13.5. The summed E-state index contributed by atoms with van der Waals surface area (Å²) in [6.45, 7) is 2.97. The van der Waals surface area contributed by atoms with Crippen molar-refractivity contribution >= 4 is 28.7 Å². The number of amides is 1. The molecular weight excluding hydrogens is 477 g/mol. The maximum Gasteiger partial charge on any atom is 0.332 e. The Labute approximate surface area is 212 Å². The molecule has 10 nitrogen and oxygen atoms in total. The van der Waals surface area contributed by atoms with Gasteiger partial charge in [0.2, 0.25) is 11.9 Å². The number of rotatable bonds is 6. The number of benzene rings is 2. The van der Waals surface area contributed by atoms with Crippen LogP contribution in [0.15, 0.2) is 64.2 Å². The van der Waals surface area contributed by atoms with Gasteiger partial charge in [0.25, 0.3) is 5.56 Å². The van der Waals surface area contributed by atoms with Crippen molar-refractivity contribution in [1.82, 2.24) is 23.6 Å². The summed E-state index contributed by atoms with van der Waals surface area (Å²) < 4.78 is 17.7. The van der Waals surface area contributed by atoms with Crippen molar-refractivity contribution in [2.24, 2.45) is 14.1 Å². The second-order valence-electron chi connectivity index (χ2n) is 9.18. The molecule has 1 aliphatic rings. The van der Waals surface area contributed by atoms with Gasteiger partial charge in [0.05, 0.1) is 13.1 Å². The molecule has 1 saturated heterocycles. The zero-order valence-electron chi connectivity index (χ0n) is 20.7. The molecule has 0 saturated carbocycles. The van der Waals surface area contributed by atoms with E-state index in [1.165, 1.54) is 23.7 Å². The van der Waals surface area contributed by atoms with E-state index in [1.807, 2.05) is 30.3 Å². The van der Waals surface area contributed by atoms with Gasteiger partial charge in [-0.25, -0.2) is 9.18 Å². The van der Waals surface area contributed by atoms with Crippen LogP contribution in [0.4, 0.5) is 16.0 Å². The van der Waals surface area contributed by atoms with Crippen molar-refractivity contribution in [2.45, 2.75) is 6.54 Å². The Balaban J connectivity index is 1.40. The average Bonchev–Trinajstić information content (AvgIpc) is 3.27. The first-order valence-corrected chi connectivity index (χ1v) is 12.0. The molecule has 192 valence electrons. The third-order valence-corrected chi connectivity index (χ3v) is 6.66. The Hall–Kier alpha value is -4.25. The SMILES string of the molecule is Cn1c(=O)c2c(nc(N3CCN(CC(=O)Nc4ccccc4)CC3)n2Cc2ccc(F)cc2)n(C)c1=O. The number of imidazole rings is 1. The minimum atomic E-state index is -0.454. The number of aromatic nitrogens is 4. The number of para-hydroxylation sites is 1. The van der Waals surface area contributed by atoms with Crippen LogP contribution in [-0.4, -0.2) is 62.2 Å². The zero-order chi connectivity index (χ0) is 26.1. The first-order valence-electron chi connectivity index (χ1n) is 12.0. The van der Waals surface area contributed by atoms with E-state index >= 15 is 0 Å². The Bertz CT molecular complexity index is 1550. The van der Waals surface area contributed by atoms with Crippen molar-refractivity contribution < 1.29 is 9.18 Å². The Kier molecular flexibility index (Phi) is 6.62. The molecule has 11 heteroatoms. The molecule has 0 bridgehead atoms. The Morgan fingerprint density at radius 1 is 0.946 bits per heavy atom. The first kappa shape index (κ1) is 24.4. The molecule has 37 heavy (non-hydrogen) atoms. The molecule has 1 fully saturated rings. The van der Waals surface area contributed by atoms with E-state index in [9.17, 15) is 18.8 Å². The van der Waals surface area contributed by atoms with Gasteiger partial charge in [0, 0.05) is 46.0 Å². The third kappa shape index (κ3) is 4.90. The number of carbonyl (C=O) groups is 1. The van der Waals surface area contributed by atoms with E-state index in [2.05, 4.69) is 15.1 Å². The summed E-state index contributed by atoms with van der Waals surface area (Å²) in [6, 6.07) is 15.4. The second kappa shape index (κ2) is 10.0. The van der Waals surface area contributed by atoms with Crippen molar-refractivity contribution in [2.75, 3.05) is 42.9 Å². The van der Waals surface area contributed by atoms with E-state index in [0.717, 1.165) is 15.8 Å². The van der Waals surface area contributed by atoms with Gasteiger partial charge in [0.15, 0.2) is 11.2 Å². The Morgan fingerprint density at radius 2 is 1.62 bits per heavy atom. The van der Waals surface area contributed by atoms with Crippen LogP contribution in [0.1, 0.15) is 5.56 Å². The predicted molar refractivity (Wildman–Crippen MR) is 139 cm³/mol. The van der Waals surface area contributed by atoms with Crippen LogP contribution in [-0.2, 0) is 25.4 Å². The molecule has 1 amide bonds. The first-order chi connectivity index (χ1) is 17.8. The lowest BCUT2D eigenvalue weighted by Gasteiger charge is -2.35. The highest BCUT2D eigenvalue weighted by Crippen LogP contribution is 2.23. The standard InChI is InChI=1S/C26H28FN7O3/c1-30-23-22(24(36)31(2)26(30)37)34(16-18-8-10-19(27)11-9-18)25(29-23)33-14-12-32(13-15-33)17-21(35)28-20-6-4-3-5-7-20/h3-11H,12-17H2,1-2H3,(H,28,35). The van der Waals surface area contributed by atoms with E-state index in [1.54, 1.807) is 23.7 Å². The van der Waals surface area contributed by atoms with Crippen molar-refractivity contribution in [3.05, 3.63) is 86.8 Å². The fourth-order valence-corrected chi connectivity index (χ4v) is 4.63. The normalized spacial score (nSPS) is 14.3. The average molecular weight is 506 g/mol. The fourth-order valence-electron chi connectivity index (χ4n) is 4.63. The van der Waals surface area contributed by atoms with Crippen LogP contribution >= 0.6 is 0 Å². The number of aryl methyl sites for hydroxylation is 1. The number of hydrogen-bond donors (Lipinski definition) is 1. The van der Waals surface area contributed by atoms with Crippen LogP contribution in [0.5, 0.6) is 0 Å². The minimum absolute atomic E-state index is 0.0818. The lowest BCUT2D eigenvalue weighted by atomic mass is 10.2. The van der Waals surface area contributed by atoms with Gasteiger partial charge < -0.3 is 10.2 Å². The van der Waals surface area contributed by atoms with E-state index < -0.39 is 11.2 Å². The summed E-state index contributed by atoms with van der Waals surface area (Å²) in [7, 11) is 3.03. The number of piperazine rings is 1. The summed E-state index contributed by atoms with van der Waals surface area (Å²) >= 11 is 0. The maximum absolute atomic E-state index is 13.5. The van der Waals surface area contributed by atoms with E-state index in [0.29, 0.717) is 49.8 Å². The molecule has 1 N–H and O–H groups in total. The van der Waals surface area contributed by atoms with Gasteiger partial charge in [-0.05, 0) is 29.8 Å². The number of hydrogen-bond acceptors (Lipinski definition) is 6. The Morgan fingerprint density at radius 3 is 2.30 bits per heavy atom. The van der Waals surface area contributed by atoms with Crippen LogP contribution < -0.4 is 21.5 Å². The second-order valence-corrected chi connectivity index (χ2v) is 9.18. The van der Waals surface area contributed by atoms with Gasteiger partial charge in [-0.1, -0.05) is 30.3 Å². The summed E-state index contributed by atoms with van der Waals surface area (Å²) in [4.78, 5) is 47.0. The molecule has 3 heterocycles. The molecule has 2 aromatic carbocycles. The summed E-state index contributed by atoms with van der Waals surface area (Å²) in [5.41, 5.74) is 1.28. The molecule has 0 spiro atoms. The number of fused-ring (bicyclic) bond motifs is 1. The van der Waals surface area contributed by atoms with Crippen LogP contribution in [0.2, 0.25) is 0 Å². The highest BCUT2D eigenvalue weighted by molar-refractivity contribution is 5.92. The third-order valence-electron chi connectivity index (χ3n) is 6.66. The van der Waals surface area contributed by atoms with Crippen molar-refractivity contribution in [1.29, 1.82) is 0 Å². The number of nitrogens with one attached hydrogen (secondary N) is 1. The summed E-state index contributed by atoms with van der Waals surface area (Å²) in [6.07, 6.45) is 0. The van der Waals surface area contributed by atoms with Crippen molar-refractivity contribution in [3.8, 4) is 0 Å². The molecule has 4 aromatic rings. The van der Waals surface area contributed by atoms with Gasteiger partial charge >= 0.3 is 5.69 Å².